The number of hydrogen-bond donors (Lipinski definition) is 1. The molecule has 0 aromatic heterocycles. The number of nitrogens with zero attached hydrogens (tertiary/aromatic N) is 1. The van der Waals surface area contributed by atoms with Gasteiger partial charge >= 0.3 is 0 Å². The van der Waals surface area contributed by atoms with Gasteiger partial charge < -0.3 is 14.8 Å². The molecular formula is C24H32N2O5S. The average Bonchev–Trinajstić information content (AvgIpc) is 2.78. The number of methoxy groups -OCH3 is 2. The van der Waals surface area contributed by atoms with Crippen molar-refractivity contribution < 1.29 is 22.7 Å². The van der Waals surface area contributed by atoms with Crippen molar-refractivity contribution in [2.75, 3.05) is 32.6 Å². The third kappa shape index (κ3) is 5.24. The molecule has 1 aliphatic heterocycles. The van der Waals surface area contributed by atoms with Gasteiger partial charge in [-0.2, -0.15) is 4.31 Å². The van der Waals surface area contributed by atoms with Gasteiger partial charge in [-0.15, -0.1) is 0 Å². The number of amides is 1. The van der Waals surface area contributed by atoms with Crippen LogP contribution in [0.2, 0.25) is 0 Å². The second-order valence-corrected chi connectivity index (χ2v) is 10.9. The van der Waals surface area contributed by atoms with Crippen LogP contribution in [0, 0.1) is 5.92 Å². The highest BCUT2D eigenvalue weighted by atomic mass is 32.2. The summed E-state index contributed by atoms with van der Waals surface area (Å²) in [5.41, 5.74) is 1.67. The van der Waals surface area contributed by atoms with Gasteiger partial charge in [-0.05, 0) is 60.2 Å². The van der Waals surface area contributed by atoms with Crippen LogP contribution in [0.5, 0.6) is 11.5 Å². The SMILES string of the molecule is COc1ccc(S(=O)(=O)N2CCC(C(=O)Nc3cc(C(C)(C)C)ccc3OC)CC2)cc1. The second kappa shape index (κ2) is 9.50. The summed E-state index contributed by atoms with van der Waals surface area (Å²) >= 11 is 0. The predicted octanol–water partition coefficient (Wildman–Crippen LogP) is 4.04. The van der Waals surface area contributed by atoms with Gasteiger partial charge in [-0.25, -0.2) is 8.42 Å². The number of benzene rings is 2. The van der Waals surface area contributed by atoms with Gasteiger partial charge in [0.25, 0.3) is 0 Å². The number of sulfonamides is 1. The van der Waals surface area contributed by atoms with E-state index in [2.05, 4.69) is 26.1 Å². The Hall–Kier alpha value is -2.58. The van der Waals surface area contributed by atoms with Crippen LogP contribution in [0.1, 0.15) is 39.2 Å². The maximum absolute atomic E-state index is 12.9. The lowest BCUT2D eigenvalue weighted by Crippen LogP contribution is -2.41. The molecule has 0 aliphatic carbocycles. The first-order chi connectivity index (χ1) is 15.1. The summed E-state index contributed by atoms with van der Waals surface area (Å²) < 4.78 is 37.8. The molecule has 7 nitrogen and oxygen atoms in total. The monoisotopic (exact) mass is 460 g/mol. The fourth-order valence-electron chi connectivity index (χ4n) is 3.76. The van der Waals surface area contributed by atoms with Crippen molar-refractivity contribution in [2.45, 2.75) is 43.9 Å². The molecule has 174 valence electrons. The molecule has 1 N–H and O–H groups in total. The average molecular weight is 461 g/mol. The van der Waals surface area contributed by atoms with Crippen molar-refractivity contribution in [3.05, 3.63) is 48.0 Å². The van der Waals surface area contributed by atoms with Gasteiger partial charge in [0.2, 0.25) is 15.9 Å². The maximum Gasteiger partial charge on any atom is 0.243 e. The molecule has 0 saturated carbocycles. The van der Waals surface area contributed by atoms with Crippen molar-refractivity contribution in [3.8, 4) is 11.5 Å². The predicted molar refractivity (Wildman–Crippen MR) is 125 cm³/mol. The number of rotatable bonds is 6. The van der Waals surface area contributed by atoms with E-state index < -0.39 is 10.0 Å². The van der Waals surface area contributed by atoms with E-state index in [1.807, 2.05) is 18.2 Å². The summed E-state index contributed by atoms with van der Waals surface area (Å²) in [6, 6.07) is 12.2. The van der Waals surface area contributed by atoms with Crippen molar-refractivity contribution in [1.29, 1.82) is 0 Å². The highest BCUT2D eigenvalue weighted by Crippen LogP contribution is 2.33. The van der Waals surface area contributed by atoms with E-state index in [1.54, 1.807) is 31.4 Å². The molecule has 8 heteroatoms. The molecule has 2 aromatic rings. The molecule has 1 fully saturated rings. The molecule has 1 amide bonds. The summed E-state index contributed by atoms with van der Waals surface area (Å²) in [6.45, 7) is 6.93. The van der Waals surface area contributed by atoms with Gasteiger partial charge in [-0.3, -0.25) is 4.79 Å². The summed E-state index contributed by atoms with van der Waals surface area (Å²) in [5.74, 6) is 0.826. The smallest absolute Gasteiger partial charge is 0.243 e. The number of hydrogen-bond acceptors (Lipinski definition) is 5. The van der Waals surface area contributed by atoms with E-state index in [0.717, 1.165) is 5.56 Å². The highest BCUT2D eigenvalue weighted by molar-refractivity contribution is 7.89. The lowest BCUT2D eigenvalue weighted by atomic mass is 9.86. The molecule has 1 heterocycles. The minimum Gasteiger partial charge on any atom is -0.497 e. The van der Waals surface area contributed by atoms with Gasteiger partial charge in [-0.1, -0.05) is 26.8 Å². The van der Waals surface area contributed by atoms with Gasteiger partial charge in [0, 0.05) is 19.0 Å². The molecule has 0 radical (unpaired) electrons. The molecular weight excluding hydrogens is 428 g/mol. The third-order valence-corrected chi connectivity index (χ3v) is 7.76. The molecule has 32 heavy (non-hydrogen) atoms. The van der Waals surface area contributed by atoms with Crippen LogP contribution in [0.15, 0.2) is 47.4 Å². The molecule has 0 unspecified atom stereocenters. The van der Waals surface area contributed by atoms with E-state index in [0.29, 0.717) is 43.1 Å². The Kier molecular flexibility index (Phi) is 7.15. The van der Waals surface area contributed by atoms with E-state index in [9.17, 15) is 13.2 Å². The van der Waals surface area contributed by atoms with E-state index >= 15 is 0 Å². The zero-order chi connectivity index (χ0) is 23.5. The van der Waals surface area contributed by atoms with Crippen LogP contribution in [0.3, 0.4) is 0 Å². The largest absolute Gasteiger partial charge is 0.497 e. The van der Waals surface area contributed by atoms with Crippen molar-refractivity contribution >= 4 is 21.6 Å². The molecule has 1 aliphatic rings. The molecule has 0 atom stereocenters. The lowest BCUT2D eigenvalue weighted by molar-refractivity contribution is -0.120. The Morgan fingerprint density at radius 1 is 1.00 bits per heavy atom. The molecule has 0 spiro atoms. The maximum atomic E-state index is 12.9. The van der Waals surface area contributed by atoms with Crippen molar-refractivity contribution in [1.82, 2.24) is 4.31 Å². The standard InChI is InChI=1S/C24H32N2O5S/c1-24(2,3)18-6-11-22(31-5)21(16-18)25-23(27)17-12-14-26(15-13-17)32(28,29)20-9-7-19(30-4)8-10-20/h6-11,16-17H,12-15H2,1-5H3,(H,25,27). The van der Waals surface area contributed by atoms with Crippen molar-refractivity contribution in [3.63, 3.8) is 0 Å². The number of nitrogens with one attached hydrogen (secondary N) is 1. The van der Waals surface area contributed by atoms with Crippen LogP contribution in [0.25, 0.3) is 0 Å². The number of piperidine rings is 1. The first-order valence-electron chi connectivity index (χ1n) is 10.7. The minimum absolute atomic E-state index is 0.0626. The van der Waals surface area contributed by atoms with Gasteiger partial charge in [0.15, 0.2) is 0 Å². The van der Waals surface area contributed by atoms with Crippen LogP contribution in [-0.2, 0) is 20.2 Å². The first kappa shape index (κ1) is 24.1. The van der Waals surface area contributed by atoms with Crippen LogP contribution >= 0.6 is 0 Å². The first-order valence-corrected chi connectivity index (χ1v) is 12.1. The minimum atomic E-state index is -3.60. The number of anilines is 1. The van der Waals surface area contributed by atoms with Gasteiger partial charge in [0.05, 0.1) is 24.8 Å². The number of ether oxygens (including phenoxy) is 2. The molecule has 2 aromatic carbocycles. The third-order valence-electron chi connectivity index (χ3n) is 5.85. The van der Waals surface area contributed by atoms with Gasteiger partial charge in [0.1, 0.15) is 11.5 Å². The Bertz CT molecular complexity index is 1050. The molecule has 3 rings (SSSR count). The fraction of sp³-hybridized carbons (Fsp3) is 0.458. The number of carbonyl (C=O) groups excluding carboxylic acids is 1. The van der Waals surface area contributed by atoms with E-state index in [-0.39, 0.29) is 22.1 Å². The zero-order valence-corrected chi connectivity index (χ0v) is 20.2. The Morgan fingerprint density at radius 3 is 2.16 bits per heavy atom. The van der Waals surface area contributed by atoms with Crippen molar-refractivity contribution in [2.24, 2.45) is 5.92 Å². The fourth-order valence-corrected chi connectivity index (χ4v) is 5.23. The topological polar surface area (TPSA) is 84.9 Å². The second-order valence-electron chi connectivity index (χ2n) is 9.01. The summed E-state index contributed by atoms with van der Waals surface area (Å²) in [5, 5.41) is 3.00. The van der Waals surface area contributed by atoms with E-state index in [1.165, 1.54) is 11.4 Å². The normalized spacial score (nSPS) is 15.9. The number of carbonyl (C=O) groups is 1. The summed E-state index contributed by atoms with van der Waals surface area (Å²) in [4.78, 5) is 13.2. The van der Waals surface area contributed by atoms with Crippen LogP contribution in [0.4, 0.5) is 5.69 Å². The highest BCUT2D eigenvalue weighted by Gasteiger charge is 2.32. The zero-order valence-electron chi connectivity index (χ0n) is 19.3. The lowest BCUT2D eigenvalue weighted by Gasteiger charge is -2.30. The Labute approximate surface area is 190 Å². The molecule has 1 saturated heterocycles. The quantitative estimate of drug-likeness (QED) is 0.703. The van der Waals surface area contributed by atoms with E-state index in [4.69, 9.17) is 9.47 Å². The van der Waals surface area contributed by atoms with Crippen LogP contribution in [-0.4, -0.2) is 45.9 Å². The Balaban J connectivity index is 1.67. The summed E-state index contributed by atoms with van der Waals surface area (Å²) in [7, 11) is -0.492. The molecule has 0 bridgehead atoms. The van der Waals surface area contributed by atoms with Crippen LogP contribution < -0.4 is 14.8 Å². The summed E-state index contributed by atoms with van der Waals surface area (Å²) in [6.07, 6.45) is 0.922. The Morgan fingerprint density at radius 2 is 1.62 bits per heavy atom.